The van der Waals surface area contributed by atoms with Crippen LogP contribution < -0.4 is 0 Å². The van der Waals surface area contributed by atoms with E-state index in [-0.39, 0.29) is 23.2 Å². The van der Waals surface area contributed by atoms with Gasteiger partial charge in [0.2, 0.25) is 0 Å². The standard InChI is InChI=1S/C25H19NO4/c27-20-8-1-17(2-9-20)3-14-25(30)26-15-23(18-4-10-21(28)11-5-18)24(16-26)19-6-12-22(29)13-7-19/h1-16,27-29H/b14-3+. The van der Waals surface area contributed by atoms with Crippen LogP contribution in [0.3, 0.4) is 0 Å². The molecular formula is C25H19NO4. The number of benzene rings is 3. The van der Waals surface area contributed by atoms with Gasteiger partial charge in [-0.05, 0) is 59.2 Å². The zero-order valence-electron chi connectivity index (χ0n) is 15.9. The number of rotatable bonds is 4. The van der Waals surface area contributed by atoms with E-state index in [4.69, 9.17) is 0 Å². The summed E-state index contributed by atoms with van der Waals surface area (Å²) in [7, 11) is 0. The average molecular weight is 397 g/mol. The normalized spacial score (nSPS) is 11.1. The summed E-state index contributed by atoms with van der Waals surface area (Å²) in [6.07, 6.45) is 6.64. The van der Waals surface area contributed by atoms with E-state index in [0.717, 1.165) is 27.8 Å². The minimum atomic E-state index is -0.229. The van der Waals surface area contributed by atoms with Crippen LogP contribution in [0.15, 0.2) is 91.3 Å². The fourth-order valence-electron chi connectivity index (χ4n) is 3.16. The summed E-state index contributed by atoms with van der Waals surface area (Å²) >= 11 is 0. The molecule has 4 aromatic rings. The van der Waals surface area contributed by atoms with Crippen LogP contribution in [0.5, 0.6) is 17.2 Å². The highest BCUT2D eigenvalue weighted by atomic mass is 16.3. The molecule has 0 aliphatic heterocycles. The van der Waals surface area contributed by atoms with E-state index >= 15 is 0 Å². The molecular weight excluding hydrogens is 378 g/mol. The van der Waals surface area contributed by atoms with Gasteiger partial charge in [0.1, 0.15) is 17.2 Å². The number of allylic oxidation sites excluding steroid dienone is 1. The Morgan fingerprint density at radius 2 is 1.03 bits per heavy atom. The van der Waals surface area contributed by atoms with Crippen LogP contribution in [-0.4, -0.2) is 25.8 Å². The van der Waals surface area contributed by atoms with Crippen molar-refractivity contribution in [2.45, 2.75) is 0 Å². The smallest absolute Gasteiger partial charge is 0.254 e. The van der Waals surface area contributed by atoms with Crippen molar-refractivity contribution in [2.75, 3.05) is 0 Å². The number of aromatic nitrogens is 1. The number of hydrogen-bond acceptors (Lipinski definition) is 4. The third-order valence-corrected chi connectivity index (χ3v) is 4.75. The first-order valence-electron chi connectivity index (χ1n) is 9.32. The first-order chi connectivity index (χ1) is 14.5. The molecule has 148 valence electrons. The Morgan fingerprint density at radius 3 is 1.47 bits per heavy atom. The fraction of sp³-hybridized carbons (Fsp3) is 0. The first-order valence-corrected chi connectivity index (χ1v) is 9.32. The van der Waals surface area contributed by atoms with Crippen LogP contribution in [0.4, 0.5) is 0 Å². The molecule has 0 saturated heterocycles. The molecule has 0 unspecified atom stereocenters. The third-order valence-electron chi connectivity index (χ3n) is 4.75. The SMILES string of the molecule is O=C(/C=C/c1ccc(O)cc1)n1cc(-c2ccc(O)cc2)c(-c2ccc(O)cc2)c1. The molecule has 0 radical (unpaired) electrons. The lowest BCUT2D eigenvalue weighted by Gasteiger charge is -2.05. The first kappa shape index (κ1) is 19.1. The van der Waals surface area contributed by atoms with E-state index < -0.39 is 0 Å². The van der Waals surface area contributed by atoms with Crippen molar-refractivity contribution < 1.29 is 20.1 Å². The summed E-state index contributed by atoms with van der Waals surface area (Å²) in [5.41, 5.74) is 4.15. The number of carbonyl (C=O) groups is 1. The Kier molecular flexibility index (Phi) is 5.09. The highest BCUT2D eigenvalue weighted by Gasteiger charge is 2.14. The van der Waals surface area contributed by atoms with Gasteiger partial charge < -0.3 is 15.3 Å². The second-order valence-corrected chi connectivity index (χ2v) is 6.85. The number of nitrogens with zero attached hydrogens (tertiary/aromatic N) is 1. The van der Waals surface area contributed by atoms with Crippen molar-refractivity contribution in [3.63, 3.8) is 0 Å². The molecule has 0 bridgehead atoms. The molecule has 0 aliphatic carbocycles. The zero-order valence-corrected chi connectivity index (χ0v) is 15.9. The number of aromatic hydroxyl groups is 3. The number of hydrogen-bond donors (Lipinski definition) is 3. The highest BCUT2D eigenvalue weighted by molar-refractivity contribution is 5.96. The number of phenolic OH excluding ortho intramolecular Hbond substituents is 3. The Labute approximate surface area is 173 Å². The van der Waals surface area contributed by atoms with Crippen LogP contribution in [0.2, 0.25) is 0 Å². The largest absolute Gasteiger partial charge is 0.508 e. The molecule has 0 aliphatic rings. The van der Waals surface area contributed by atoms with Gasteiger partial charge in [-0.25, -0.2) is 0 Å². The monoisotopic (exact) mass is 397 g/mol. The molecule has 1 heterocycles. The lowest BCUT2D eigenvalue weighted by molar-refractivity contribution is 0.0970. The number of phenols is 3. The van der Waals surface area contributed by atoms with Gasteiger partial charge in [-0.15, -0.1) is 0 Å². The molecule has 0 saturated carbocycles. The fourth-order valence-corrected chi connectivity index (χ4v) is 3.16. The van der Waals surface area contributed by atoms with Crippen LogP contribution in [0.1, 0.15) is 10.4 Å². The Balaban J connectivity index is 1.72. The maximum Gasteiger partial charge on any atom is 0.254 e. The molecule has 3 N–H and O–H groups in total. The average Bonchev–Trinajstić information content (AvgIpc) is 3.20. The Bertz CT molecular complexity index is 1140. The Morgan fingerprint density at radius 1 is 0.633 bits per heavy atom. The third kappa shape index (κ3) is 4.10. The van der Waals surface area contributed by atoms with Crippen molar-refractivity contribution >= 4 is 12.0 Å². The number of carbonyl (C=O) groups excluding carboxylic acids is 1. The molecule has 0 atom stereocenters. The van der Waals surface area contributed by atoms with Gasteiger partial charge in [0.25, 0.3) is 5.91 Å². The molecule has 0 spiro atoms. The predicted octanol–water partition coefficient (Wildman–Crippen LogP) is 5.29. The maximum absolute atomic E-state index is 12.8. The van der Waals surface area contributed by atoms with E-state index in [1.54, 1.807) is 91.3 Å². The highest BCUT2D eigenvalue weighted by Crippen LogP contribution is 2.34. The van der Waals surface area contributed by atoms with Gasteiger partial charge in [0, 0.05) is 29.6 Å². The molecule has 5 nitrogen and oxygen atoms in total. The van der Waals surface area contributed by atoms with Crippen molar-refractivity contribution in [3.05, 3.63) is 96.8 Å². The molecule has 1 aromatic heterocycles. The summed E-state index contributed by atoms with van der Waals surface area (Å²) in [5, 5.41) is 28.6. The van der Waals surface area contributed by atoms with Gasteiger partial charge in [0.05, 0.1) is 0 Å². The zero-order chi connectivity index (χ0) is 21.1. The van der Waals surface area contributed by atoms with Gasteiger partial charge in [-0.1, -0.05) is 36.4 Å². The van der Waals surface area contributed by atoms with Crippen molar-refractivity contribution in [1.29, 1.82) is 0 Å². The second-order valence-electron chi connectivity index (χ2n) is 6.85. The van der Waals surface area contributed by atoms with E-state index in [2.05, 4.69) is 0 Å². The van der Waals surface area contributed by atoms with Crippen LogP contribution in [-0.2, 0) is 0 Å². The summed E-state index contributed by atoms with van der Waals surface area (Å²) < 4.78 is 1.50. The molecule has 3 aromatic carbocycles. The quantitative estimate of drug-likeness (QED) is 0.409. The molecule has 30 heavy (non-hydrogen) atoms. The van der Waals surface area contributed by atoms with Gasteiger partial charge in [0.15, 0.2) is 0 Å². The predicted molar refractivity (Wildman–Crippen MR) is 116 cm³/mol. The molecule has 4 rings (SSSR count). The summed E-state index contributed by atoms with van der Waals surface area (Å²) in [5.74, 6) is 0.267. The second kappa shape index (κ2) is 8.01. The Hall–Kier alpha value is -4.25. The van der Waals surface area contributed by atoms with Crippen LogP contribution >= 0.6 is 0 Å². The summed E-state index contributed by atoms with van der Waals surface area (Å²) in [4.78, 5) is 12.8. The van der Waals surface area contributed by atoms with E-state index in [0.29, 0.717) is 0 Å². The molecule has 0 amide bonds. The molecule has 5 heteroatoms. The van der Waals surface area contributed by atoms with E-state index in [1.807, 2.05) is 0 Å². The maximum atomic E-state index is 12.8. The van der Waals surface area contributed by atoms with Crippen LogP contribution in [0.25, 0.3) is 28.3 Å². The van der Waals surface area contributed by atoms with Gasteiger partial charge in [-0.3, -0.25) is 9.36 Å². The minimum Gasteiger partial charge on any atom is -0.508 e. The van der Waals surface area contributed by atoms with Crippen molar-refractivity contribution in [1.82, 2.24) is 4.57 Å². The van der Waals surface area contributed by atoms with Gasteiger partial charge >= 0.3 is 0 Å². The lowest BCUT2D eigenvalue weighted by Crippen LogP contribution is -2.03. The van der Waals surface area contributed by atoms with E-state index in [9.17, 15) is 20.1 Å². The summed E-state index contributed by atoms with van der Waals surface area (Å²) in [6.45, 7) is 0. The van der Waals surface area contributed by atoms with E-state index in [1.165, 1.54) is 10.6 Å². The minimum absolute atomic E-state index is 0.164. The topological polar surface area (TPSA) is 82.7 Å². The lowest BCUT2D eigenvalue weighted by atomic mass is 9.99. The van der Waals surface area contributed by atoms with Crippen molar-refractivity contribution in [3.8, 4) is 39.5 Å². The molecule has 0 fully saturated rings. The van der Waals surface area contributed by atoms with Crippen molar-refractivity contribution in [2.24, 2.45) is 0 Å². The van der Waals surface area contributed by atoms with Crippen LogP contribution in [0, 0.1) is 0 Å². The van der Waals surface area contributed by atoms with Gasteiger partial charge in [-0.2, -0.15) is 0 Å². The summed E-state index contributed by atoms with van der Waals surface area (Å²) in [6, 6.07) is 20.1.